The van der Waals surface area contributed by atoms with E-state index in [0.29, 0.717) is 12.4 Å². The zero-order valence-corrected chi connectivity index (χ0v) is 9.43. The number of anilines is 1. The zero-order valence-electron chi connectivity index (χ0n) is 9.43. The van der Waals surface area contributed by atoms with Crippen molar-refractivity contribution in [1.82, 2.24) is 0 Å². The summed E-state index contributed by atoms with van der Waals surface area (Å²) in [5.74, 6) is -0.658. The van der Waals surface area contributed by atoms with Gasteiger partial charge in [-0.1, -0.05) is 29.8 Å². The van der Waals surface area contributed by atoms with Crippen LogP contribution in [0.1, 0.15) is 21.7 Å². The molecule has 0 fully saturated rings. The Hall–Kier alpha value is -2.23. The van der Waals surface area contributed by atoms with Crippen molar-refractivity contribution >= 4 is 11.9 Å². The van der Waals surface area contributed by atoms with Crippen molar-refractivity contribution in [1.29, 1.82) is 0 Å². The van der Waals surface area contributed by atoms with Gasteiger partial charge in [0.1, 0.15) is 0 Å². The molecule has 2 N–H and O–H groups in total. The van der Waals surface area contributed by atoms with Crippen molar-refractivity contribution in [2.45, 2.75) is 13.5 Å². The zero-order chi connectivity index (χ0) is 12.3. The van der Waals surface area contributed by atoms with E-state index in [1.54, 1.807) is 6.07 Å². The summed E-state index contributed by atoms with van der Waals surface area (Å²) in [4.78, 5) is 10.6. The van der Waals surface area contributed by atoms with Gasteiger partial charge in [-0.05, 0) is 18.6 Å². The smallest absolute Gasteiger partial charge is 0.371 e. The van der Waals surface area contributed by atoms with Crippen molar-refractivity contribution < 1.29 is 14.3 Å². The van der Waals surface area contributed by atoms with E-state index in [4.69, 9.17) is 9.52 Å². The van der Waals surface area contributed by atoms with Gasteiger partial charge in [0.15, 0.2) is 5.88 Å². The number of carboxylic acids is 1. The maximum atomic E-state index is 10.6. The summed E-state index contributed by atoms with van der Waals surface area (Å²) in [6.45, 7) is 2.63. The lowest BCUT2D eigenvalue weighted by atomic mass is 10.1. The van der Waals surface area contributed by atoms with Crippen molar-refractivity contribution in [3.8, 4) is 0 Å². The highest BCUT2D eigenvalue weighted by Crippen LogP contribution is 2.14. The number of hydrogen-bond acceptors (Lipinski definition) is 3. The Balaban J connectivity index is 2.00. The molecule has 0 atom stereocenters. The van der Waals surface area contributed by atoms with Crippen LogP contribution in [0.2, 0.25) is 0 Å². The molecule has 0 spiro atoms. The molecule has 0 unspecified atom stereocenters. The molecule has 1 heterocycles. The summed E-state index contributed by atoms with van der Waals surface area (Å²) in [6, 6.07) is 11.1. The second kappa shape index (κ2) is 4.74. The fraction of sp³-hybridized carbons (Fsp3) is 0.154. The Kier molecular flexibility index (Phi) is 3.14. The van der Waals surface area contributed by atoms with Crippen molar-refractivity contribution in [2.24, 2.45) is 0 Å². The Morgan fingerprint density at radius 1 is 1.35 bits per heavy atom. The molecule has 4 nitrogen and oxygen atoms in total. The fourth-order valence-corrected chi connectivity index (χ4v) is 1.56. The van der Waals surface area contributed by atoms with E-state index >= 15 is 0 Å². The lowest BCUT2D eigenvalue weighted by Crippen LogP contribution is -1.98. The highest BCUT2D eigenvalue weighted by Gasteiger charge is 2.08. The predicted octanol–water partition coefficient (Wildman–Crippen LogP) is 2.90. The minimum Gasteiger partial charge on any atom is -0.475 e. The molecule has 0 saturated heterocycles. The van der Waals surface area contributed by atoms with Crippen LogP contribution >= 0.6 is 0 Å². The van der Waals surface area contributed by atoms with Gasteiger partial charge in [0.2, 0.25) is 5.76 Å². The first kappa shape index (κ1) is 11.3. The van der Waals surface area contributed by atoms with Gasteiger partial charge < -0.3 is 14.8 Å². The van der Waals surface area contributed by atoms with Crippen LogP contribution < -0.4 is 5.32 Å². The van der Waals surface area contributed by atoms with Crippen LogP contribution in [0.3, 0.4) is 0 Å². The third kappa shape index (κ3) is 2.87. The number of hydrogen-bond donors (Lipinski definition) is 2. The predicted molar refractivity (Wildman–Crippen MR) is 64.2 cm³/mol. The fourth-order valence-electron chi connectivity index (χ4n) is 1.56. The van der Waals surface area contributed by atoms with E-state index in [1.165, 1.54) is 11.6 Å². The lowest BCUT2D eigenvalue weighted by molar-refractivity contribution is 0.0663. The van der Waals surface area contributed by atoms with Crippen LogP contribution in [0.4, 0.5) is 5.88 Å². The standard InChI is InChI=1S/C13H13NO3/c1-9-3-2-4-10(7-9)8-14-12-6-5-11(17-12)13(15)16/h2-7,14H,8H2,1H3,(H,15,16). The van der Waals surface area contributed by atoms with Crippen LogP contribution in [-0.4, -0.2) is 11.1 Å². The Bertz CT molecular complexity index is 531. The normalized spacial score (nSPS) is 10.2. The van der Waals surface area contributed by atoms with E-state index in [0.717, 1.165) is 5.56 Å². The molecule has 0 aliphatic carbocycles. The molecule has 1 aromatic heterocycles. The number of rotatable bonds is 4. The third-order valence-electron chi connectivity index (χ3n) is 2.37. The first-order chi connectivity index (χ1) is 8.15. The Morgan fingerprint density at radius 2 is 2.18 bits per heavy atom. The van der Waals surface area contributed by atoms with Crippen LogP contribution in [0, 0.1) is 6.92 Å². The van der Waals surface area contributed by atoms with Gasteiger partial charge in [-0.15, -0.1) is 0 Å². The number of nitrogens with one attached hydrogen (secondary N) is 1. The molecule has 0 radical (unpaired) electrons. The van der Waals surface area contributed by atoms with Gasteiger partial charge in [-0.25, -0.2) is 4.79 Å². The van der Waals surface area contributed by atoms with E-state index in [9.17, 15) is 4.79 Å². The van der Waals surface area contributed by atoms with Crippen molar-refractivity contribution in [2.75, 3.05) is 5.32 Å². The maximum absolute atomic E-state index is 10.6. The molecule has 0 aliphatic heterocycles. The second-order valence-electron chi connectivity index (χ2n) is 3.81. The van der Waals surface area contributed by atoms with Gasteiger partial charge in [-0.3, -0.25) is 0 Å². The molecule has 17 heavy (non-hydrogen) atoms. The minimum atomic E-state index is -1.06. The van der Waals surface area contributed by atoms with Gasteiger partial charge in [-0.2, -0.15) is 0 Å². The SMILES string of the molecule is Cc1cccc(CNc2ccc(C(=O)O)o2)c1. The molecule has 0 amide bonds. The number of aryl methyl sites for hydroxylation is 1. The average Bonchev–Trinajstić information content (AvgIpc) is 2.75. The molecular formula is C13H13NO3. The third-order valence-corrected chi connectivity index (χ3v) is 2.37. The first-order valence-corrected chi connectivity index (χ1v) is 5.28. The summed E-state index contributed by atoms with van der Waals surface area (Å²) in [5, 5.41) is 11.7. The van der Waals surface area contributed by atoms with Crippen LogP contribution in [-0.2, 0) is 6.54 Å². The Morgan fingerprint density at radius 3 is 2.82 bits per heavy atom. The topological polar surface area (TPSA) is 62.5 Å². The number of aromatic carboxylic acids is 1. The lowest BCUT2D eigenvalue weighted by Gasteiger charge is -2.03. The average molecular weight is 231 g/mol. The number of carbonyl (C=O) groups is 1. The number of carboxylic acid groups (broad SMARTS) is 1. The molecule has 0 bridgehead atoms. The van der Waals surface area contributed by atoms with Crippen LogP contribution in [0.5, 0.6) is 0 Å². The van der Waals surface area contributed by atoms with E-state index in [1.807, 2.05) is 25.1 Å². The molecule has 2 rings (SSSR count). The number of benzene rings is 1. The molecule has 4 heteroatoms. The second-order valence-corrected chi connectivity index (χ2v) is 3.81. The molecule has 88 valence electrons. The van der Waals surface area contributed by atoms with Crippen molar-refractivity contribution in [3.63, 3.8) is 0 Å². The maximum Gasteiger partial charge on any atom is 0.371 e. The molecule has 0 aliphatic rings. The quantitative estimate of drug-likeness (QED) is 0.849. The molecule has 1 aromatic carbocycles. The molecular weight excluding hydrogens is 218 g/mol. The molecule has 0 saturated carbocycles. The van der Waals surface area contributed by atoms with Crippen LogP contribution in [0.25, 0.3) is 0 Å². The van der Waals surface area contributed by atoms with Gasteiger partial charge in [0.05, 0.1) is 0 Å². The van der Waals surface area contributed by atoms with E-state index < -0.39 is 5.97 Å². The monoisotopic (exact) mass is 231 g/mol. The highest BCUT2D eigenvalue weighted by molar-refractivity contribution is 5.84. The van der Waals surface area contributed by atoms with Crippen LogP contribution in [0.15, 0.2) is 40.8 Å². The highest BCUT2D eigenvalue weighted by atomic mass is 16.4. The van der Waals surface area contributed by atoms with Gasteiger partial charge in [0.25, 0.3) is 0 Å². The van der Waals surface area contributed by atoms with Gasteiger partial charge >= 0.3 is 5.97 Å². The summed E-state index contributed by atoms with van der Waals surface area (Å²) >= 11 is 0. The summed E-state index contributed by atoms with van der Waals surface area (Å²) in [5.41, 5.74) is 2.31. The first-order valence-electron chi connectivity index (χ1n) is 5.28. The Labute approximate surface area is 98.9 Å². The largest absolute Gasteiger partial charge is 0.475 e. The van der Waals surface area contributed by atoms with E-state index in [-0.39, 0.29) is 5.76 Å². The van der Waals surface area contributed by atoms with Crippen molar-refractivity contribution in [3.05, 3.63) is 53.3 Å². The summed E-state index contributed by atoms with van der Waals surface area (Å²) in [6.07, 6.45) is 0. The summed E-state index contributed by atoms with van der Waals surface area (Å²) in [7, 11) is 0. The minimum absolute atomic E-state index is 0.0586. The number of furan rings is 1. The summed E-state index contributed by atoms with van der Waals surface area (Å²) < 4.78 is 5.09. The molecule has 2 aromatic rings. The van der Waals surface area contributed by atoms with E-state index in [2.05, 4.69) is 11.4 Å². The van der Waals surface area contributed by atoms with Gasteiger partial charge in [0, 0.05) is 12.6 Å².